The van der Waals surface area contributed by atoms with Crippen LogP contribution in [0.1, 0.15) is 5.56 Å². The minimum Gasteiger partial charge on any atom is -0.399 e. The van der Waals surface area contributed by atoms with Crippen LogP contribution in [0.5, 0.6) is 0 Å². The molecule has 0 aliphatic carbocycles. The highest BCUT2D eigenvalue weighted by atomic mass is 32.2. The summed E-state index contributed by atoms with van der Waals surface area (Å²) in [5, 5.41) is 0. The lowest BCUT2D eigenvalue weighted by Gasteiger charge is -2.09. The molecule has 21 heavy (non-hydrogen) atoms. The molecule has 2 aromatic rings. The summed E-state index contributed by atoms with van der Waals surface area (Å²) in [5.41, 5.74) is 7.67. The van der Waals surface area contributed by atoms with Crippen LogP contribution in [-0.4, -0.2) is 24.9 Å². The van der Waals surface area contributed by atoms with Crippen LogP contribution in [0, 0.1) is 6.92 Å². The van der Waals surface area contributed by atoms with E-state index in [1.807, 2.05) is 19.1 Å². The van der Waals surface area contributed by atoms with E-state index >= 15 is 0 Å². The Bertz CT molecular complexity index is 700. The minimum atomic E-state index is -3.37. The summed E-state index contributed by atoms with van der Waals surface area (Å²) in [6.45, 7) is 1.84. The van der Waals surface area contributed by atoms with Crippen LogP contribution in [0.25, 0.3) is 0 Å². The van der Waals surface area contributed by atoms with Gasteiger partial charge in [0.15, 0.2) is 0 Å². The molecule has 0 unspecified atom stereocenters. The average Bonchev–Trinajstić information content (AvgIpc) is 2.43. The number of nitrogen functional groups attached to an aromatic ring is 1. The van der Waals surface area contributed by atoms with Gasteiger partial charge in [-0.2, -0.15) is 0 Å². The summed E-state index contributed by atoms with van der Waals surface area (Å²) in [6, 6.07) is 9.12. The Morgan fingerprint density at radius 1 is 1.24 bits per heavy atom. The van der Waals surface area contributed by atoms with E-state index in [0.29, 0.717) is 17.1 Å². The van der Waals surface area contributed by atoms with E-state index in [1.165, 1.54) is 18.0 Å². The van der Waals surface area contributed by atoms with Crippen molar-refractivity contribution in [3.8, 4) is 0 Å². The molecule has 0 atom stereocenters. The predicted octanol–water partition coefficient (Wildman–Crippen LogP) is 2.51. The average molecular weight is 323 g/mol. The van der Waals surface area contributed by atoms with Gasteiger partial charge < -0.3 is 5.73 Å². The lowest BCUT2D eigenvalue weighted by molar-refractivity contribution is 0.602. The van der Waals surface area contributed by atoms with Gasteiger partial charge in [0.1, 0.15) is 0 Å². The number of nitrogens with one attached hydrogen (secondary N) is 1. The highest BCUT2D eigenvalue weighted by Gasteiger charge is 2.12. The van der Waals surface area contributed by atoms with Gasteiger partial charge in [-0.3, -0.25) is 9.71 Å². The molecule has 1 aromatic heterocycles. The van der Waals surface area contributed by atoms with Crippen molar-refractivity contribution in [1.29, 1.82) is 0 Å². The van der Waals surface area contributed by atoms with Gasteiger partial charge in [0.25, 0.3) is 0 Å². The van der Waals surface area contributed by atoms with E-state index in [0.717, 1.165) is 10.5 Å². The molecular formula is C14H17N3O2S2. The number of benzene rings is 1. The maximum atomic E-state index is 12.0. The lowest BCUT2D eigenvalue weighted by atomic mass is 10.3. The highest BCUT2D eigenvalue weighted by molar-refractivity contribution is 8.01. The fraction of sp³-hybridized carbons (Fsp3) is 0.214. The first-order chi connectivity index (χ1) is 9.96. The standard InChI is InChI=1S/C14H17N3O2S2/c1-11-6-7-16-10-14(11)17-21(18,19)9-8-20-13-4-2-12(15)3-5-13/h2-7,10,17H,8-9,15H2,1H3. The zero-order valence-electron chi connectivity index (χ0n) is 11.6. The Labute approximate surface area is 129 Å². The largest absolute Gasteiger partial charge is 0.399 e. The second-order valence-corrected chi connectivity index (χ2v) is 7.54. The maximum absolute atomic E-state index is 12.0. The molecule has 1 heterocycles. The van der Waals surface area contributed by atoms with Gasteiger partial charge in [0.05, 0.1) is 17.6 Å². The topological polar surface area (TPSA) is 85.1 Å². The Morgan fingerprint density at radius 3 is 2.62 bits per heavy atom. The van der Waals surface area contributed by atoms with E-state index in [1.54, 1.807) is 24.4 Å². The molecular weight excluding hydrogens is 306 g/mol. The second kappa shape index (κ2) is 6.82. The Morgan fingerprint density at radius 2 is 1.95 bits per heavy atom. The molecule has 0 saturated carbocycles. The van der Waals surface area contributed by atoms with Gasteiger partial charge in [-0.1, -0.05) is 0 Å². The van der Waals surface area contributed by atoms with Gasteiger partial charge in [-0.15, -0.1) is 11.8 Å². The molecule has 2 rings (SSSR count). The van der Waals surface area contributed by atoms with Crippen LogP contribution in [0.3, 0.4) is 0 Å². The van der Waals surface area contributed by atoms with Crippen molar-refractivity contribution >= 4 is 33.2 Å². The van der Waals surface area contributed by atoms with Gasteiger partial charge in [0, 0.05) is 22.5 Å². The molecule has 0 bridgehead atoms. The van der Waals surface area contributed by atoms with E-state index in [-0.39, 0.29) is 5.75 Å². The van der Waals surface area contributed by atoms with Crippen molar-refractivity contribution in [3.63, 3.8) is 0 Å². The van der Waals surface area contributed by atoms with Gasteiger partial charge in [0.2, 0.25) is 10.0 Å². The molecule has 3 N–H and O–H groups in total. The summed E-state index contributed by atoms with van der Waals surface area (Å²) in [6.07, 6.45) is 3.14. The van der Waals surface area contributed by atoms with E-state index < -0.39 is 10.0 Å². The van der Waals surface area contributed by atoms with Crippen LogP contribution < -0.4 is 10.5 Å². The third kappa shape index (κ3) is 4.95. The molecule has 112 valence electrons. The van der Waals surface area contributed by atoms with Crippen LogP contribution >= 0.6 is 11.8 Å². The monoisotopic (exact) mass is 323 g/mol. The molecule has 0 fully saturated rings. The van der Waals surface area contributed by atoms with Crippen molar-refractivity contribution in [3.05, 3.63) is 48.3 Å². The fourth-order valence-electron chi connectivity index (χ4n) is 1.62. The first kappa shape index (κ1) is 15.7. The van der Waals surface area contributed by atoms with Gasteiger partial charge >= 0.3 is 0 Å². The van der Waals surface area contributed by atoms with Gasteiger partial charge in [-0.25, -0.2) is 8.42 Å². The van der Waals surface area contributed by atoms with E-state index in [9.17, 15) is 8.42 Å². The molecule has 0 saturated heterocycles. The number of thioether (sulfide) groups is 1. The van der Waals surface area contributed by atoms with Gasteiger partial charge in [-0.05, 0) is 42.8 Å². The number of rotatable bonds is 6. The number of nitrogens with two attached hydrogens (primary N) is 1. The third-order valence-corrected chi connectivity index (χ3v) is 5.35. The highest BCUT2D eigenvalue weighted by Crippen LogP contribution is 2.20. The molecule has 7 heteroatoms. The zero-order chi connectivity index (χ0) is 15.3. The number of anilines is 2. The first-order valence-electron chi connectivity index (χ1n) is 6.36. The molecule has 0 radical (unpaired) electrons. The Balaban J connectivity index is 1.90. The minimum absolute atomic E-state index is 0.0381. The summed E-state index contributed by atoms with van der Waals surface area (Å²) in [7, 11) is -3.37. The lowest BCUT2D eigenvalue weighted by Crippen LogP contribution is -2.18. The second-order valence-electron chi connectivity index (χ2n) is 4.53. The smallest absolute Gasteiger partial charge is 0.233 e. The van der Waals surface area contributed by atoms with Crippen LogP contribution in [-0.2, 0) is 10.0 Å². The van der Waals surface area contributed by atoms with Crippen molar-refractivity contribution in [2.75, 3.05) is 22.0 Å². The number of sulfonamides is 1. The molecule has 0 aliphatic heterocycles. The third-order valence-electron chi connectivity index (χ3n) is 2.81. The van der Waals surface area contributed by atoms with Crippen LogP contribution in [0.4, 0.5) is 11.4 Å². The van der Waals surface area contributed by atoms with E-state index in [4.69, 9.17) is 5.73 Å². The number of aryl methyl sites for hydroxylation is 1. The van der Waals surface area contributed by atoms with E-state index in [2.05, 4.69) is 9.71 Å². The molecule has 0 aliphatic rings. The number of aromatic nitrogens is 1. The number of pyridine rings is 1. The molecule has 0 amide bonds. The van der Waals surface area contributed by atoms with Crippen molar-refractivity contribution in [2.24, 2.45) is 0 Å². The SMILES string of the molecule is Cc1ccncc1NS(=O)(=O)CCSc1ccc(N)cc1. The summed E-state index contributed by atoms with van der Waals surface area (Å²) >= 11 is 1.48. The number of hydrogen-bond donors (Lipinski definition) is 2. The summed E-state index contributed by atoms with van der Waals surface area (Å²) in [5.74, 6) is 0.509. The Kier molecular flexibility index (Phi) is 5.08. The zero-order valence-corrected chi connectivity index (χ0v) is 13.2. The van der Waals surface area contributed by atoms with Crippen LogP contribution in [0.2, 0.25) is 0 Å². The number of nitrogens with zero attached hydrogens (tertiary/aromatic N) is 1. The van der Waals surface area contributed by atoms with Crippen LogP contribution in [0.15, 0.2) is 47.6 Å². The summed E-state index contributed by atoms with van der Waals surface area (Å²) in [4.78, 5) is 4.92. The molecule has 5 nitrogen and oxygen atoms in total. The van der Waals surface area contributed by atoms with Crippen molar-refractivity contribution < 1.29 is 8.42 Å². The van der Waals surface area contributed by atoms with Crippen molar-refractivity contribution in [2.45, 2.75) is 11.8 Å². The van der Waals surface area contributed by atoms with Crippen molar-refractivity contribution in [1.82, 2.24) is 4.98 Å². The summed E-state index contributed by atoms with van der Waals surface area (Å²) < 4.78 is 26.6. The number of hydrogen-bond acceptors (Lipinski definition) is 5. The fourth-order valence-corrected chi connectivity index (χ4v) is 4.05. The Hall–Kier alpha value is -1.73. The normalized spacial score (nSPS) is 11.3. The quantitative estimate of drug-likeness (QED) is 0.630. The first-order valence-corrected chi connectivity index (χ1v) is 8.99. The molecule has 1 aromatic carbocycles. The molecule has 0 spiro atoms. The predicted molar refractivity (Wildman–Crippen MR) is 88.0 cm³/mol. The maximum Gasteiger partial charge on any atom is 0.233 e.